The molecular formula is C26H40N2O2. The largest absolute Gasteiger partial charge is 0.490 e. The van der Waals surface area contributed by atoms with Crippen LogP contribution < -0.4 is 9.47 Å². The summed E-state index contributed by atoms with van der Waals surface area (Å²) in [5, 5.41) is 0. The van der Waals surface area contributed by atoms with Gasteiger partial charge in [-0.05, 0) is 18.8 Å². The summed E-state index contributed by atoms with van der Waals surface area (Å²) in [6.45, 7) is 8.04. The Labute approximate surface area is 183 Å². The van der Waals surface area contributed by atoms with E-state index in [9.17, 15) is 0 Å². The molecular weight excluding hydrogens is 372 g/mol. The van der Waals surface area contributed by atoms with Crippen molar-refractivity contribution < 1.29 is 9.47 Å². The number of benzene rings is 1. The van der Waals surface area contributed by atoms with Gasteiger partial charge in [-0.1, -0.05) is 102 Å². The fraction of sp³-hybridized carbons (Fsp3) is 0.615. The van der Waals surface area contributed by atoms with Gasteiger partial charge in [0.2, 0.25) is 0 Å². The fourth-order valence-electron chi connectivity index (χ4n) is 3.31. The van der Waals surface area contributed by atoms with E-state index < -0.39 is 0 Å². The van der Waals surface area contributed by atoms with E-state index in [1.165, 1.54) is 44.9 Å². The number of nitrogens with zero attached hydrogens (tertiary/aromatic N) is 2. The number of ether oxygens (including phenoxy) is 2. The minimum absolute atomic E-state index is 0.427. The zero-order valence-corrected chi connectivity index (χ0v) is 19.2. The van der Waals surface area contributed by atoms with Gasteiger partial charge in [0.25, 0.3) is 0 Å². The summed E-state index contributed by atoms with van der Waals surface area (Å²) in [7, 11) is 0. The van der Waals surface area contributed by atoms with Crippen molar-refractivity contribution in [2.45, 2.75) is 85.0 Å². The molecule has 0 amide bonds. The molecule has 1 heterocycles. The van der Waals surface area contributed by atoms with Crippen molar-refractivity contribution in [1.29, 1.82) is 0 Å². The number of rotatable bonds is 16. The molecule has 2 rings (SSSR count). The van der Waals surface area contributed by atoms with Crippen LogP contribution in [-0.2, 0) is 0 Å². The van der Waals surface area contributed by atoms with Gasteiger partial charge in [-0.3, -0.25) is 0 Å². The Morgan fingerprint density at radius 2 is 1.53 bits per heavy atom. The molecule has 4 heteroatoms. The van der Waals surface area contributed by atoms with E-state index in [0.29, 0.717) is 25.1 Å². The normalized spacial score (nSPS) is 12.0. The van der Waals surface area contributed by atoms with E-state index in [2.05, 4.69) is 42.9 Å². The van der Waals surface area contributed by atoms with Crippen LogP contribution in [-0.4, -0.2) is 23.2 Å². The highest BCUT2D eigenvalue weighted by Gasteiger charge is 2.12. The van der Waals surface area contributed by atoms with E-state index >= 15 is 0 Å². The first-order valence-electron chi connectivity index (χ1n) is 11.9. The molecule has 1 atom stereocenters. The smallest absolute Gasteiger partial charge is 0.317 e. The van der Waals surface area contributed by atoms with E-state index in [0.717, 1.165) is 36.3 Å². The number of aromatic nitrogens is 2. The van der Waals surface area contributed by atoms with Gasteiger partial charge in [0, 0.05) is 5.56 Å². The van der Waals surface area contributed by atoms with Gasteiger partial charge in [-0.15, -0.1) is 0 Å². The third kappa shape index (κ3) is 9.15. The highest BCUT2D eigenvalue weighted by molar-refractivity contribution is 5.65. The molecule has 0 saturated carbocycles. The molecule has 0 N–H and O–H groups in total. The molecule has 0 aliphatic rings. The van der Waals surface area contributed by atoms with Gasteiger partial charge in [0.05, 0.1) is 19.4 Å². The van der Waals surface area contributed by atoms with Crippen LogP contribution in [0.15, 0.2) is 36.5 Å². The summed E-state index contributed by atoms with van der Waals surface area (Å²) in [4.78, 5) is 9.05. The SMILES string of the molecule is CCCCCCCCCCOc1cnc(OCCC(C)CC)nc1-c1ccccc1. The molecule has 0 aliphatic heterocycles. The van der Waals surface area contributed by atoms with Crippen molar-refractivity contribution in [2.24, 2.45) is 5.92 Å². The Kier molecular flexibility index (Phi) is 11.9. The lowest BCUT2D eigenvalue weighted by molar-refractivity contribution is 0.258. The molecule has 0 saturated heterocycles. The van der Waals surface area contributed by atoms with Gasteiger partial charge in [0.15, 0.2) is 5.75 Å². The molecule has 1 aromatic carbocycles. The third-order valence-corrected chi connectivity index (χ3v) is 5.57. The Bertz CT molecular complexity index is 691. The summed E-state index contributed by atoms with van der Waals surface area (Å²) in [5.41, 5.74) is 1.83. The topological polar surface area (TPSA) is 44.2 Å². The van der Waals surface area contributed by atoms with E-state index in [1.807, 2.05) is 18.2 Å². The third-order valence-electron chi connectivity index (χ3n) is 5.57. The second-order valence-corrected chi connectivity index (χ2v) is 8.21. The molecule has 166 valence electrons. The monoisotopic (exact) mass is 412 g/mol. The predicted octanol–water partition coefficient (Wildman–Crippen LogP) is 7.48. The standard InChI is InChI=1S/C26H40N2O2/c1-4-6-7-8-9-10-11-15-19-29-24-21-27-26(30-20-18-22(3)5-2)28-25(24)23-16-13-12-14-17-23/h12-14,16-17,21-22H,4-11,15,18-20H2,1-3H3. The maximum absolute atomic E-state index is 6.07. The molecule has 0 fully saturated rings. The maximum Gasteiger partial charge on any atom is 0.317 e. The maximum atomic E-state index is 6.07. The van der Waals surface area contributed by atoms with Crippen LogP contribution in [0.2, 0.25) is 0 Å². The summed E-state index contributed by atoms with van der Waals surface area (Å²) in [5.74, 6) is 1.38. The van der Waals surface area contributed by atoms with Crippen LogP contribution in [0, 0.1) is 5.92 Å². The summed E-state index contributed by atoms with van der Waals surface area (Å²) in [6, 6.07) is 10.6. The second kappa shape index (κ2) is 14.8. The summed E-state index contributed by atoms with van der Waals surface area (Å²) in [6.07, 6.45) is 14.2. The fourth-order valence-corrected chi connectivity index (χ4v) is 3.31. The molecule has 30 heavy (non-hydrogen) atoms. The Morgan fingerprint density at radius 1 is 0.833 bits per heavy atom. The van der Waals surface area contributed by atoms with Crippen LogP contribution in [0.1, 0.15) is 85.0 Å². The first-order chi connectivity index (χ1) is 14.7. The Balaban J connectivity index is 1.87. The molecule has 0 radical (unpaired) electrons. The first kappa shape index (κ1) is 24.2. The van der Waals surface area contributed by atoms with Crippen molar-refractivity contribution in [3.63, 3.8) is 0 Å². The number of hydrogen-bond acceptors (Lipinski definition) is 4. The molecule has 1 unspecified atom stereocenters. The highest BCUT2D eigenvalue weighted by Crippen LogP contribution is 2.29. The minimum atomic E-state index is 0.427. The lowest BCUT2D eigenvalue weighted by atomic mass is 10.1. The lowest BCUT2D eigenvalue weighted by Crippen LogP contribution is -2.07. The van der Waals surface area contributed by atoms with Crippen LogP contribution in [0.25, 0.3) is 11.3 Å². The van der Waals surface area contributed by atoms with Crippen molar-refractivity contribution in [3.05, 3.63) is 36.5 Å². The van der Waals surface area contributed by atoms with Gasteiger partial charge in [-0.2, -0.15) is 9.97 Å². The lowest BCUT2D eigenvalue weighted by Gasteiger charge is -2.13. The minimum Gasteiger partial charge on any atom is -0.490 e. The molecule has 2 aromatic rings. The predicted molar refractivity (Wildman–Crippen MR) is 125 cm³/mol. The highest BCUT2D eigenvalue weighted by atomic mass is 16.5. The van der Waals surface area contributed by atoms with Crippen LogP contribution in [0.3, 0.4) is 0 Å². The summed E-state index contributed by atoms with van der Waals surface area (Å²) >= 11 is 0. The zero-order chi connectivity index (χ0) is 21.4. The quantitative estimate of drug-likeness (QED) is 0.268. The molecule has 0 spiro atoms. The average molecular weight is 413 g/mol. The zero-order valence-electron chi connectivity index (χ0n) is 19.2. The summed E-state index contributed by atoms with van der Waals surface area (Å²) < 4.78 is 11.9. The number of unbranched alkanes of at least 4 members (excludes halogenated alkanes) is 7. The Morgan fingerprint density at radius 3 is 2.23 bits per heavy atom. The Hall–Kier alpha value is -2.10. The van der Waals surface area contributed by atoms with E-state index in [4.69, 9.17) is 9.47 Å². The van der Waals surface area contributed by atoms with Crippen molar-refractivity contribution in [2.75, 3.05) is 13.2 Å². The van der Waals surface area contributed by atoms with Gasteiger partial charge in [-0.25, -0.2) is 0 Å². The molecule has 0 aliphatic carbocycles. The first-order valence-corrected chi connectivity index (χ1v) is 11.9. The van der Waals surface area contributed by atoms with Crippen LogP contribution in [0.5, 0.6) is 11.8 Å². The van der Waals surface area contributed by atoms with Gasteiger partial charge in [0.1, 0.15) is 5.69 Å². The van der Waals surface area contributed by atoms with Gasteiger partial charge >= 0.3 is 6.01 Å². The molecule has 4 nitrogen and oxygen atoms in total. The van der Waals surface area contributed by atoms with Crippen LogP contribution in [0.4, 0.5) is 0 Å². The average Bonchev–Trinajstić information content (AvgIpc) is 2.79. The van der Waals surface area contributed by atoms with Gasteiger partial charge < -0.3 is 9.47 Å². The second-order valence-electron chi connectivity index (χ2n) is 8.21. The molecule has 1 aromatic heterocycles. The van der Waals surface area contributed by atoms with Crippen LogP contribution >= 0.6 is 0 Å². The number of hydrogen-bond donors (Lipinski definition) is 0. The molecule has 0 bridgehead atoms. The van der Waals surface area contributed by atoms with E-state index in [-0.39, 0.29) is 0 Å². The van der Waals surface area contributed by atoms with Crippen molar-refractivity contribution in [1.82, 2.24) is 9.97 Å². The van der Waals surface area contributed by atoms with E-state index in [1.54, 1.807) is 6.20 Å². The van der Waals surface area contributed by atoms with Crippen molar-refractivity contribution in [3.8, 4) is 23.0 Å². The van der Waals surface area contributed by atoms with Crippen molar-refractivity contribution >= 4 is 0 Å².